The molecule has 98 valence electrons. The van der Waals surface area contributed by atoms with Crippen LogP contribution in [0.25, 0.3) is 9.65 Å². The Morgan fingerprint density at radius 3 is 2.39 bits per heavy atom. The van der Waals surface area contributed by atoms with Gasteiger partial charge in [-0.25, -0.2) is 0 Å². The molecule has 0 amide bonds. The molecule has 0 atom stereocenters. The molecule has 0 fully saturated rings. The van der Waals surface area contributed by atoms with Crippen LogP contribution in [0.4, 0.5) is 0 Å². The second-order valence-electron chi connectivity index (χ2n) is 5.43. The van der Waals surface area contributed by atoms with E-state index in [2.05, 4.69) is 61.8 Å². The third-order valence-corrected chi connectivity index (χ3v) is 5.65. The summed E-state index contributed by atoms with van der Waals surface area (Å²) >= 11 is 0.562. The second-order valence-corrected chi connectivity index (χ2v) is 7.34. The first kappa shape index (κ1) is 13.9. The van der Waals surface area contributed by atoms with Crippen molar-refractivity contribution in [2.75, 3.05) is 6.54 Å². The minimum atomic E-state index is 0.562. The molecule has 1 aromatic heterocycles. The predicted octanol–water partition coefficient (Wildman–Crippen LogP) is 3.56. The molecule has 0 aliphatic rings. The fourth-order valence-electron chi connectivity index (χ4n) is 2.59. The zero-order valence-electron chi connectivity index (χ0n) is 11.8. The summed E-state index contributed by atoms with van der Waals surface area (Å²) in [6.07, 6.45) is 1.19. The fourth-order valence-corrected chi connectivity index (χ4v) is 4.68. The molecule has 1 heterocycles. The van der Waals surface area contributed by atoms with Gasteiger partial charge >= 0.3 is 117 Å². The molecule has 1 nitrogen and oxygen atoms in total. The van der Waals surface area contributed by atoms with E-state index in [1.54, 1.807) is 9.82 Å². The molecule has 0 aliphatic carbocycles. The van der Waals surface area contributed by atoms with E-state index in [1.165, 1.54) is 18.4 Å². The Bertz CT molecular complexity index is 491. The predicted molar refractivity (Wildman–Crippen MR) is 81.6 cm³/mol. The van der Waals surface area contributed by atoms with Gasteiger partial charge in [-0.15, -0.1) is 0 Å². The molecule has 0 radical (unpaired) electrons. The number of rotatable bonds is 5. The first-order valence-electron chi connectivity index (χ1n) is 6.80. The van der Waals surface area contributed by atoms with Crippen LogP contribution in [0.2, 0.25) is 0 Å². The Balaban J connectivity index is 2.10. The van der Waals surface area contributed by atoms with Crippen LogP contribution in [0.1, 0.15) is 33.3 Å². The SMILES string of the molecule is CC(C)N(CCc1c[se]c2ccccc12)C(C)C. The first-order chi connectivity index (χ1) is 8.59. The maximum atomic E-state index is 2.58. The number of hydrogen-bond donors (Lipinski definition) is 0. The van der Waals surface area contributed by atoms with E-state index in [1.807, 2.05) is 0 Å². The maximum absolute atomic E-state index is 2.58. The van der Waals surface area contributed by atoms with E-state index in [4.69, 9.17) is 0 Å². The second kappa shape index (κ2) is 6.06. The van der Waals surface area contributed by atoms with Crippen molar-refractivity contribution in [3.05, 3.63) is 34.8 Å². The van der Waals surface area contributed by atoms with Gasteiger partial charge in [0.05, 0.1) is 0 Å². The van der Waals surface area contributed by atoms with Crippen molar-refractivity contribution in [2.24, 2.45) is 0 Å². The van der Waals surface area contributed by atoms with Crippen LogP contribution in [0.3, 0.4) is 0 Å². The molecule has 18 heavy (non-hydrogen) atoms. The molecular formula is C16H23NSe. The van der Waals surface area contributed by atoms with Crippen molar-refractivity contribution in [3.8, 4) is 0 Å². The quantitative estimate of drug-likeness (QED) is 0.764. The summed E-state index contributed by atoms with van der Waals surface area (Å²) in [5.41, 5.74) is 1.57. The van der Waals surface area contributed by atoms with Gasteiger partial charge in [0.25, 0.3) is 0 Å². The number of nitrogens with zero attached hydrogens (tertiary/aromatic N) is 1. The third kappa shape index (κ3) is 3.06. The van der Waals surface area contributed by atoms with Gasteiger partial charge in [0.15, 0.2) is 0 Å². The third-order valence-electron chi connectivity index (χ3n) is 3.53. The van der Waals surface area contributed by atoms with Gasteiger partial charge in [0.1, 0.15) is 0 Å². The van der Waals surface area contributed by atoms with Crippen LogP contribution >= 0.6 is 0 Å². The topological polar surface area (TPSA) is 3.24 Å². The van der Waals surface area contributed by atoms with Crippen LogP contribution in [0.5, 0.6) is 0 Å². The van der Waals surface area contributed by atoms with Gasteiger partial charge in [-0.1, -0.05) is 0 Å². The van der Waals surface area contributed by atoms with Crippen molar-refractivity contribution < 1.29 is 0 Å². The van der Waals surface area contributed by atoms with Gasteiger partial charge in [0.2, 0.25) is 0 Å². The van der Waals surface area contributed by atoms with Gasteiger partial charge in [0, 0.05) is 0 Å². The molecule has 0 N–H and O–H groups in total. The van der Waals surface area contributed by atoms with Gasteiger partial charge in [-0.2, -0.15) is 0 Å². The average Bonchev–Trinajstić information content (AvgIpc) is 2.72. The molecule has 1 aromatic carbocycles. The zero-order valence-corrected chi connectivity index (χ0v) is 13.5. The number of hydrogen-bond acceptors (Lipinski definition) is 1. The van der Waals surface area contributed by atoms with Gasteiger partial charge in [-0.05, 0) is 0 Å². The van der Waals surface area contributed by atoms with Crippen LogP contribution in [-0.4, -0.2) is 38.0 Å². The molecule has 2 aromatic rings. The summed E-state index contributed by atoms with van der Waals surface area (Å²) in [6.45, 7) is 10.3. The van der Waals surface area contributed by atoms with Crippen LogP contribution < -0.4 is 0 Å². The van der Waals surface area contributed by atoms with Crippen LogP contribution in [0, 0.1) is 0 Å². The zero-order chi connectivity index (χ0) is 13.1. The van der Waals surface area contributed by atoms with E-state index in [9.17, 15) is 0 Å². The summed E-state index contributed by atoms with van der Waals surface area (Å²) in [5, 5.41) is 1.50. The van der Waals surface area contributed by atoms with Crippen molar-refractivity contribution in [1.29, 1.82) is 0 Å². The van der Waals surface area contributed by atoms with Gasteiger partial charge in [-0.3, -0.25) is 0 Å². The van der Waals surface area contributed by atoms with Gasteiger partial charge < -0.3 is 0 Å². The van der Waals surface area contributed by atoms with E-state index in [0.717, 1.165) is 0 Å². The summed E-state index contributed by atoms with van der Waals surface area (Å²) in [6, 6.07) is 10.1. The molecule has 0 unspecified atom stereocenters. The molecule has 0 bridgehead atoms. The summed E-state index contributed by atoms with van der Waals surface area (Å²) in [5.74, 6) is 0. The minimum absolute atomic E-state index is 0.562. The van der Waals surface area contributed by atoms with Crippen LogP contribution in [0.15, 0.2) is 29.2 Å². The van der Waals surface area contributed by atoms with E-state index >= 15 is 0 Å². The molecule has 2 rings (SSSR count). The number of benzene rings is 1. The Labute approximate surface area is 117 Å². The van der Waals surface area contributed by atoms with Crippen molar-refractivity contribution in [3.63, 3.8) is 0 Å². The summed E-state index contributed by atoms with van der Waals surface area (Å²) in [4.78, 5) is 5.05. The Kier molecular flexibility index (Phi) is 4.66. The van der Waals surface area contributed by atoms with E-state index in [-0.39, 0.29) is 0 Å². The first-order valence-corrected chi connectivity index (χ1v) is 8.65. The monoisotopic (exact) mass is 309 g/mol. The van der Waals surface area contributed by atoms with Crippen molar-refractivity contribution >= 4 is 24.1 Å². The fraction of sp³-hybridized carbons (Fsp3) is 0.500. The molecule has 2 heteroatoms. The molecule has 0 saturated carbocycles. The van der Waals surface area contributed by atoms with Crippen molar-refractivity contribution in [2.45, 2.75) is 46.2 Å². The summed E-state index contributed by atoms with van der Waals surface area (Å²) in [7, 11) is 0. The normalized spacial score (nSPS) is 12.2. The standard InChI is InChI=1S/C16H23NSe/c1-12(2)17(13(3)4)10-9-14-11-18-16-8-6-5-7-15(14)16/h5-8,11-13H,9-10H2,1-4H3. The average molecular weight is 308 g/mol. The Morgan fingerprint density at radius 1 is 1.06 bits per heavy atom. The Morgan fingerprint density at radius 2 is 1.72 bits per heavy atom. The molecular weight excluding hydrogens is 285 g/mol. The number of fused-ring (bicyclic) bond motifs is 1. The van der Waals surface area contributed by atoms with E-state index < -0.39 is 0 Å². The van der Waals surface area contributed by atoms with Crippen molar-refractivity contribution in [1.82, 2.24) is 4.90 Å². The van der Waals surface area contributed by atoms with E-state index in [0.29, 0.717) is 26.6 Å². The summed E-state index contributed by atoms with van der Waals surface area (Å²) < 4.78 is 1.56. The molecule has 0 aliphatic heterocycles. The van der Waals surface area contributed by atoms with Crippen LogP contribution in [-0.2, 0) is 6.42 Å². The molecule has 0 spiro atoms. The Hall–Kier alpha value is -0.561. The molecule has 0 saturated heterocycles.